The lowest BCUT2D eigenvalue weighted by molar-refractivity contribution is -0.154. The number of carbonyl (C=O) groups excluding carboxylic acids is 1. The van der Waals surface area contributed by atoms with E-state index in [1.807, 2.05) is 17.5 Å². The molecular weight excluding hydrogens is 416 g/mol. The van der Waals surface area contributed by atoms with E-state index in [0.717, 1.165) is 36.8 Å². The molecule has 1 aliphatic carbocycles. The molecule has 2 heterocycles. The quantitative estimate of drug-likeness (QED) is 0.520. The summed E-state index contributed by atoms with van der Waals surface area (Å²) < 4.78 is 17.7. The molecule has 0 radical (unpaired) electrons. The fourth-order valence-corrected chi connectivity index (χ4v) is 4.90. The number of thiophene rings is 1. The van der Waals surface area contributed by atoms with E-state index in [-0.39, 0.29) is 11.7 Å². The molecule has 0 saturated heterocycles. The van der Waals surface area contributed by atoms with Crippen molar-refractivity contribution in [1.82, 2.24) is 9.55 Å². The van der Waals surface area contributed by atoms with Crippen molar-refractivity contribution in [2.75, 3.05) is 14.2 Å². The maximum Gasteiger partial charge on any atom is 0.329 e. The molecule has 0 amide bonds. The highest BCUT2D eigenvalue weighted by molar-refractivity contribution is 7.17. The summed E-state index contributed by atoms with van der Waals surface area (Å²) in [6, 6.07) is 4.76. The number of nitrogens with zero attached hydrogens (tertiary/aromatic N) is 2. The summed E-state index contributed by atoms with van der Waals surface area (Å²) in [5.74, 6) is 0.798. The first-order chi connectivity index (χ1) is 15.0. The van der Waals surface area contributed by atoms with Crippen LogP contribution in [0.15, 0.2) is 34.7 Å². The molecule has 0 bridgehead atoms. The molecule has 1 atom stereocenters. The monoisotopic (exact) mass is 442 g/mol. The Bertz CT molecular complexity index is 1150. The Labute approximate surface area is 184 Å². The van der Waals surface area contributed by atoms with Crippen LogP contribution < -0.4 is 15.0 Å². The number of rotatable bonds is 6. The number of hydrogen-bond donors (Lipinski definition) is 0. The molecule has 31 heavy (non-hydrogen) atoms. The average molecular weight is 443 g/mol. The van der Waals surface area contributed by atoms with Gasteiger partial charge in [-0.1, -0.05) is 12.5 Å². The summed E-state index contributed by atoms with van der Waals surface area (Å²) in [4.78, 5) is 31.1. The van der Waals surface area contributed by atoms with Crippen LogP contribution in [0.4, 0.5) is 0 Å². The first kappa shape index (κ1) is 21.4. The lowest BCUT2D eigenvalue weighted by atomic mass is 9.98. The van der Waals surface area contributed by atoms with Crippen LogP contribution in [0, 0.1) is 0 Å². The molecule has 7 nitrogen and oxygen atoms in total. The molecule has 0 aliphatic heterocycles. The van der Waals surface area contributed by atoms with Crippen molar-refractivity contribution in [3.05, 3.63) is 40.3 Å². The minimum Gasteiger partial charge on any atom is -0.493 e. The normalized spacial score (nSPS) is 15.6. The Balaban J connectivity index is 1.69. The molecule has 0 spiro atoms. The van der Waals surface area contributed by atoms with Gasteiger partial charge in [-0.05, 0) is 50.3 Å². The van der Waals surface area contributed by atoms with Gasteiger partial charge in [0.2, 0.25) is 0 Å². The van der Waals surface area contributed by atoms with E-state index in [2.05, 4.69) is 4.98 Å². The number of ether oxygens (including phenoxy) is 3. The van der Waals surface area contributed by atoms with Crippen molar-refractivity contribution in [3.63, 3.8) is 0 Å². The first-order valence-corrected chi connectivity index (χ1v) is 11.3. The zero-order chi connectivity index (χ0) is 22.0. The predicted molar refractivity (Wildman–Crippen MR) is 120 cm³/mol. The van der Waals surface area contributed by atoms with Gasteiger partial charge in [-0.25, -0.2) is 9.78 Å². The summed E-state index contributed by atoms with van der Waals surface area (Å²) in [5, 5.41) is 2.38. The number of benzene rings is 1. The molecule has 1 unspecified atom stereocenters. The second kappa shape index (κ2) is 9.09. The molecule has 4 rings (SSSR count). The van der Waals surface area contributed by atoms with Crippen LogP contribution in [-0.2, 0) is 9.53 Å². The summed E-state index contributed by atoms with van der Waals surface area (Å²) >= 11 is 1.39. The van der Waals surface area contributed by atoms with E-state index in [1.165, 1.54) is 28.7 Å². The highest BCUT2D eigenvalue weighted by atomic mass is 32.1. The molecule has 1 saturated carbocycles. The topological polar surface area (TPSA) is 79.7 Å². The largest absolute Gasteiger partial charge is 0.493 e. The van der Waals surface area contributed by atoms with E-state index in [1.54, 1.807) is 27.2 Å². The number of methoxy groups -OCH3 is 2. The van der Waals surface area contributed by atoms with Crippen LogP contribution in [0.25, 0.3) is 21.3 Å². The Kier molecular flexibility index (Phi) is 6.27. The van der Waals surface area contributed by atoms with Gasteiger partial charge in [-0.3, -0.25) is 9.36 Å². The maximum atomic E-state index is 13.4. The van der Waals surface area contributed by atoms with Gasteiger partial charge in [0.1, 0.15) is 17.0 Å². The predicted octanol–water partition coefficient (Wildman–Crippen LogP) is 4.58. The van der Waals surface area contributed by atoms with Gasteiger partial charge >= 0.3 is 5.97 Å². The van der Waals surface area contributed by atoms with Gasteiger partial charge in [0.05, 0.1) is 25.9 Å². The molecule has 2 aromatic heterocycles. The molecule has 0 N–H and O–H groups in total. The van der Waals surface area contributed by atoms with Crippen molar-refractivity contribution in [2.24, 2.45) is 0 Å². The minimum atomic E-state index is -0.746. The number of hydrogen-bond acceptors (Lipinski definition) is 7. The Morgan fingerprint density at radius 1 is 1.16 bits per heavy atom. The highest BCUT2D eigenvalue weighted by Crippen LogP contribution is 2.36. The summed E-state index contributed by atoms with van der Waals surface area (Å²) in [5.41, 5.74) is 1.31. The molecular formula is C23H26N2O5S. The fourth-order valence-electron chi connectivity index (χ4n) is 4.00. The van der Waals surface area contributed by atoms with E-state index >= 15 is 0 Å². The van der Waals surface area contributed by atoms with E-state index in [0.29, 0.717) is 21.7 Å². The van der Waals surface area contributed by atoms with Crippen LogP contribution in [0.5, 0.6) is 11.5 Å². The van der Waals surface area contributed by atoms with Gasteiger partial charge in [0.15, 0.2) is 11.5 Å². The third-order valence-corrected chi connectivity index (χ3v) is 6.69. The summed E-state index contributed by atoms with van der Waals surface area (Å²) in [6.45, 7) is 1.68. The molecule has 3 aromatic rings. The van der Waals surface area contributed by atoms with Crippen LogP contribution in [0.3, 0.4) is 0 Å². The number of aromatic nitrogens is 2. The van der Waals surface area contributed by atoms with Gasteiger partial charge in [-0.2, -0.15) is 0 Å². The third kappa shape index (κ3) is 4.17. The van der Waals surface area contributed by atoms with Crippen LogP contribution >= 0.6 is 11.3 Å². The number of carbonyl (C=O) groups is 1. The molecule has 164 valence electrons. The molecule has 1 aliphatic rings. The van der Waals surface area contributed by atoms with Crippen molar-refractivity contribution in [2.45, 2.75) is 51.2 Å². The van der Waals surface area contributed by atoms with Crippen LogP contribution in [0.2, 0.25) is 0 Å². The number of esters is 1. The summed E-state index contributed by atoms with van der Waals surface area (Å²) in [6.07, 6.45) is 6.48. The van der Waals surface area contributed by atoms with E-state index in [4.69, 9.17) is 14.2 Å². The van der Waals surface area contributed by atoms with E-state index < -0.39 is 12.0 Å². The number of fused-ring (bicyclic) bond motifs is 1. The van der Waals surface area contributed by atoms with Gasteiger partial charge in [0, 0.05) is 10.9 Å². The smallest absolute Gasteiger partial charge is 0.329 e. The third-order valence-electron chi connectivity index (χ3n) is 5.81. The van der Waals surface area contributed by atoms with E-state index in [9.17, 15) is 9.59 Å². The maximum absolute atomic E-state index is 13.4. The average Bonchev–Trinajstić information content (AvgIpc) is 3.24. The first-order valence-electron chi connectivity index (χ1n) is 10.4. The standard InChI is InChI=1S/C23H26N2O5S/c1-14(23(27)30-16-7-5-4-6-8-16)25-13-24-21-20(22(25)26)17(12-31-21)15-9-10-18(28-2)19(11-15)29-3/h9-14,16H,4-8H2,1-3H3. The summed E-state index contributed by atoms with van der Waals surface area (Å²) in [7, 11) is 3.15. The molecule has 1 fully saturated rings. The van der Waals surface area contributed by atoms with Crippen LogP contribution in [-0.4, -0.2) is 35.8 Å². The Morgan fingerprint density at radius 3 is 2.61 bits per heavy atom. The fraction of sp³-hybridized carbons (Fsp3) is 0.435. The minimum absolute atomic E-state index is 0.0560. The van der Waals surface area contributed by atoms with Crippen molar-refractivity contribution in [1.29, 1.82) is 0 Å². The second-order valence-electron chi connectivity index (χ2n) is 7.73. The lowest BCUT2D eigenvalue weighted by Crippen LogP contribution is -2.32. The highest BCUT2D eigenvalue weighted by Gasteiger charge is 2.25. The zero-order valence-corrected chi connectivity index (χ0v) is 18.7. The molecule has 1 aromatic carbocycles. The molecule has 8 heteroatoms. The van der Waals surface area contributed by atoms with Crippen molar-refractivity contribution < 1.29 is 19.0 Å². The van der Waals surface area contributed by atoms with Gasteiger partial charge < -0.3 is 14.2 Å². The Hall–Kier alpha value is -2.87. The Morgan fingerprint density at radius 2 is 1.90 bits per heavy atom. The lowest BCUT2D eigenvalue weighted by Gasteiger charge is -2.24. The van der Waals surface area contributed by atoms with Crippen LogP contribution in [0.1, 0.15) is 45.1 Å². The second-order valence-corrected chi connectivity index (χ2v) is 8.59. The van der Waals surface area contributed by atoms with Gasteiger partial charge in [0.25, 0.3) is 5.56 Å². The zero-order valence-electron chi connectivity index (χ0n) is 17.9. The van der Waals surface area contributed by atoms with Gasteiger partial charge in [-0.15, -0.1) is 11.3 Å². The van der Waals surface area contributed by atoms with Crippen molar-refractivity contribution in [3.8, 4) is 22.6 Å². The SMILES string of the molecule is COc1ccc(-c2csc3ncn(C(C)C(=O)OC4CCCCC4)c(=O)c23)cc1OC. The van der Waals surface area contributed by atoms with Crippen molar-refractivity contribution >= 4 is 27.5 Å².